The van der Waals surface area contributed by atoms with Gasteiger partial charge in [-0.25, -0.2) is 4.98 Å². The average Bonchev–Trinajstić information content (AvgIpc) is 3.02. The normalized spacial score (nSPS) is 11.6. The van der Waals surface area contributed by atoms with Crippen LogP contribution in [-0.2, 0) is 11.8 Å². The Morgan fingerprint density at radius 1 is 1.27 bits per heavy atom. The van der Waals surface area contributed by atoms with E-state index in [2.05, 4.69) is 32.0 Å². The van der Waals surface area contributed by atoms with Crippen LogP contribution in [0.5, 0.6) is 0 Å². The Bertz CT molecular complexity index is 989. The van der Waals surface area contributed by atoms with Gasteiger partial charge < -0.3 is 4.74 Å². The van der Waals surface area contributed by atoms with Crippen molar-refractivity contribution in [3.63, 3.8) is 0 Å². The van der Waals surface area contributed by atoms with Gasteiger partial charge in [0.1, 0.15) is 4.83 Å². The van der Waals surface area contributed by atoms with Crippen LogP contribution in [0.4, 0.5) is 0 Å². The lowest BCUT2D eigenvalue weighted by Gasteiger charge is -2.10. The van der Waals surface area contributed by atoms with Gasteiger partial charge in [0.05, 0.1) is 18.1 Å². The van der Waals surface area contributed by atoms with Crippen molar-refractivity contribution in [1.82, 2.24) is 9.55 Å². The van der Waals surface area contributed by atoms with Crippen LogP contribution in [0.2, 0.25) is 0 Å². The largest absolute Gasteiger partial charge is 0.378 e. The Hall–Kier alpha value is -1.63. The molecule has 0 saturated heterocycles. The van der Waals surface area contributed by atoms with Crippen molar-refractivity contribution in [2.75, 3.05) is 12.4 Å². The van der Waals surface area contributed by atoms with Crippen molar-refractivity contribution in [2.24, 2.45) is 7.05 Å². The number of aromatic nitrogens is 2. The van der Waals surface area contributed by atoms with E-state index in [9.17, 15) is 4.79 Å². The van der Waals surface area contributed by atoms with Crippen molar-refractivity contribution < 1.29 is 4.74 Å². The molecule has 138 valence electrons. The van der Waals surface area contributed by atoms with Crippen molar-refractivity contribution in [1.29, 1.82) is 0 Å². The van der Waals surface area contributed by atoms with Crippen LogP contribution in [0.1, 0.15) is 25.0 Å². The van der Waals surface area contributed by atoms with Crippen LogP contribution in [-0.4, -0.2) is 28.0 Å². The lowest BCUT2D eigenvalue weighted by atomic mass is 10.0. The van der Waals surface area contributed by atoms with E-state index in [0.717, 1.165) is 26.9 Å². The Morgan fingerprint density at radius 2 is 2.04 bits per heavy atom. The number of hydrogen-bond acceptors (Lipinski definition) is 5. The van der Waals surface area contributed by atoms with E-state index >= 15 is 0 Å². The minimum absolute atomic E-state index is 0.0109. The topological polar surface area (TPSA) is 44.1 Å². The molecule has 0 radical (unpaired) electrons. The lowest BCUT2D eigenvalue weighted by Crippen LogP contribution is -2.20. The number of aryl methyl sites for hydroxylation is 2. The van der Waals surface area contributed by atoms with Gasteiger partial charge in [0.25, 0.3) is 5.56 Å². The van der Waals surface area contributed by atoms with E-state index in [1.165, 1.54) is 22.5 Å². The molecule has 3 rings (SSSR count). The standard InChI is InChI=1S/C20H24N2O2S2/c1-12(2)24-8-9-25-20-21-18-17(19(23)22(20)5)16(11-26-18)15-7-6-13(3)14(4)10-15/h6-7,10-12H,8-9H2,1-5H3. The lowest BCUT2D eigenvalue weighted by molar-refractivity contribution is 0.0920. The molecule has 6 heteroatoms. The van der Waals surface area contributed by atoms with Gasteiger partial charge in [-0.3, -0.25) is 9.36 Å². The number of hydrogen-bond donors (Lipinski definition) is 0. The summed E-state index contributed by atoms with van der Waals surface area (Å²) < 4.78 is 7.22. The van der Waals surface area contributed by atoms with Crippen LogP contribution in [0.25, 0.3) is 21.3 Å². The third-order valence-corrected chi connectivity index (χ3v) is 6.22. The van der Waals surface area contributed by atoms with Gasteiger partial charge in [0.2, 0.25) is 0 Å². The van der Waals surface area contributed by atoms with E-state index < -0.39 is 0 Å². The smallest absolute Gasteiger partial charge is 0.263 e. The number of nitrogens with zero attached hydrogens (tertiary/aromatic N) is 2. The van der Waals surface area contributed by atoms with E-state index in [1.807, 2.05) is 19.2 Å². The number of thioether (sulfide) groups is 1. The summed E-state index contributed by atoms with van der Waals surface area (Å²) >= 11 is 3.09. The Morgan fingerprint density at radius 3 is 2.73 bits per heavy atom. The molecule has 0 unspecified atom stereocenters. The molecule has 0 aliphatic carbocycles. The summed E-state index contributed by atoms with van der Waals surface area (Å²) in [5.74, 6) is 0.777. The average molecular weight is 389 g/mol. The number of benzene rings is 1. The fourth-order valence-corrected chi connectivity index (χ4v) is 4.51. The zero-order valence-electron chi connectivity index (χ0n) is 15.8. The highest BCUT2D eigenvalue weighted by Crippen LogP contribution is 2.32. The highest BCUT2D eigenvalue weighted by atomic mass is 32.2. The van der Waals surface area contributed by atoms with Gasteiger partial charge in [0.15, 0.2) is 5.16 Å². The Kier molecular flexibility index (Phi) is 5.85. The Balaban J connectivity index is 1.96. The highest BCUT2D eigenvalue weighted by molar-refractivity contribution is 7.99. The summed E-state index contributed by atoms with van der Waals surface area (Å²) in [4.78, 5) is 18.5. The molecule has 0 spiro atoms. The Labute approximate surface area is 162 Å². The van der Waals surface area contributed by atoms with E-state index in [1.54, 1.807) is 23.4 Å². The fraction of sp³-hybridized carbons (Fsp3) is 0.400. The van der Waals surface area contributed by atoms with Crippen molar-refractivity contribution in [3.8, 4) is 11.1 Å². The van der Waals surface area contributed by atoms with Crippen molar-refractivity contribution >= 4 is 33.3 Å². The van der Waals surface area contributed by atoms with Crippen LogP contribution in [0.15, 0.2) is 33.5 Å². The van der Waals surface area contributed by atoms with E-state index in [4.69, 9.17) is 9.72 Å². The predicted molar refractivity (Wildman–Crippen MR) is 112 cm³/mol. The first-order valence-corrected chi connectivity index (χ1v) is 10.5. The zero-order chi connectivity index (χ0) is 18.8. The third kappa shape index (κ3) is 3.87. The third-order valence-electron chi connectivity index (χ3n) is 4.36. The predicted octanol–water partition coefficient (Wildman–Crippen LogP) is 4.80. The van der Waals surface area contributed by atoms with Crippen LogP contribution in [0, 0.1) is 13.8 Å². The zero-order valence-corrected chi connectivity index (χ0v) is 17.5. The van der Waals surface area contributed by atoms with Crippen LogP contribution >= 0.6 is 23.1 Å². The van der Waals surface area contributed by atoms with Gasteiger partial charge in [-0.05, 0) is 44.4 Å². The number of thiophene rings is 1. The SMILES string of the molecule is Cc1ccc(-c2csc3nc(SCCOC(C)C)n(C)c(=O)c23)cc1C. The molecular formula is C20H24N2O2S2. The second-order valence-electron chi connectivity index (χ2n) is 6.66. The molecular weight excluding hydrogens is 364 g/mol. The van der Waals surface area contributed by atoms with E-state index in [-0.39, 0.29) is 11.7 Å². The first-order valence-electron chi connectivity index (χ1n) is 8.68. The molecule has 0 aliphatic rings. The van der Waals surface area contributed by atoms with Crippen molar-refractivity contribution in [2.45, 2.75) is 39.0 Å². The summed E-state index contributed by atoms with van der Waals surface area (Å²) in [6.45, 7) is 8.87. The number of rotatable bonds is 6. The van der Waals surface area contributed by atoms with Gasteiger partial charge in [0, 0.05) is 23.7 Å². The van der Waals surface area contributed by atoms with Gasteiger partial charge in [-0.2, -0.15) is 0 Å². The van der Waals surface area contributed by atoms with Gasteiger partial charge in [-0.1, -0.05) is 30.0 Å². The quantitative estimate of drug-likeness (QED) is 0.346. The first-order chi connectivity index (χ1) is 12.4. The maximum atomic E-state index is 13.0. The molecule has 3 aromatic rings. The molecule has 0 saturated carbocycles. The molecule has 0 bridgehead atoms. The fourth-order valence-electron chi connectivity index (χ4n) is 2.72. The van der Waals surface area contributed by atoms with Crippen LogP contribution in [0.3, 0.4) is 0 Å². The summed E-state index contributed by atoms with van der Waals surface area (Å²) in [7, 11) is 1.79. The second kappa shape index (κ2) is 7.94. The first kappa shape index (κ1) is 19.1. The minimum Gasteiger partial charge on any atom is -0.378 e. The van der Waals surface area contributed by atoms with Gasteiger partial charge in [-0.15, -0.1) is 11.3 Å². The second-order valence-corrected chi connectivity index (χ2v) is 8.58. The highest BCUT2D eigenvalue weighted by Gasteiger charge is 2.16. The molecule has 2 heterocycles. The van der Waals surface area contributed by atoms with Gasteiger partial charge >= 0.3 is 0 Å². The number of ether oxygens (including phenoxy) is 1. The molecule has 2 aromatic heterocycles. The summed E-state index contributed by atoms with van der Waals surface area (Å²) in [5, 5.41) is 3.49. The van der Waals surface area contributed by atoms with E-state index in [0.29, 0.717) is 12.0 Å². The molecule has 0 fully saturated rings. The van der Waals surface area contributed by atoms with Crippen LogP contribution < -0.4 is 5.56 Å². The molecule has 1 aromatic carbocycles. The molecule has 0 amide bonds. The minimum atomic E-state index is 0.0109. The summed E-state index contributed by atoms with van der Waals surface area (Å²) in [5.41, 5.74) is 4.53. The maximum Gasteiger partial charge on any atom is 0.263 e. The monoisotopic (exact) mass is 388 g/mol. The molecule has 0 N–H and O–H groups in total. The summed E-state index contributed by atoms with van der Waals surface area (Å²) in [6.07, 6.45) is 0.215. The molecule has 4 nitrogen and oxygen atoms in total. The molecule has 0 atom stereocenters. The molecule has 0 aliphatic heterocycles. The molecule has 26 heavy (non-hydrogen) atoms. The number of fused-ring (bicyclic) bond motifs is 1. The summed E-state index contributed by atoms with van der Waals surface area (Å²) in [6, 6.07) is 6.32. The van der Waals surface area contributed by atoms with Crippen molar-refractivity contribution in [3.05, 3.63) is 45.1 Å². The maximum absolute atomic E-state index is 13.0.